The van der Waals surface area contributed by atoms with Crippen molar-refractivity contribution < 1.29 is 14.3 Å². The number of rotatable bonds is 5. The summed E-state index contributed by atoms with van der Waals surface area (Å²) in [6, 6.07) is 7.45. The molecule has 158 valence electrons. The Hall–Kier alpha value is -2.98. The van der Waals surface area contributed by atoms with Crippen LogP contribution in [0.5, 0.6) is 0 Å². The fourth-order valence-corrected chi connectivity index (χ4v) is 4.00. The van der Waals surface area contributed by atoms with E-state index in [2.05, 4.69) is 15.3 Å². The lowest BCUT2D eigenvalue weighted by molar-refractivity contribution is -0.122. The third-order valence-electron chi connectivity index (χ3n) is 5.54. The maximum atomic E-state index is 13.2. The van der Waals surface area contributed by atoms with Crippen molar-refractivity contribution in [1.82, 2.24) is 24.5 Å². The van der Waals surface area contributed by atoms with E-state index < -0.39 is 0 Å². The first-order valence-corrected chi connectivity index (χ1v) is 10.3. The molecule has 2 saturated heterocycles. The minimum Gasteiger partial charge on any atom is -0.378 e. The first-order valence-electron chi connectivity index (χ1n) is 10.3. The van der Waals surface area contributed by atoms with Gasteiger partial charge in [0.05, 0.1) is 30.4 Å². The fraction of sp³-hybridized carbons (Fsp3) is 0.500. The Kier molecular flexibility index (Phi) is 5.09. The van der Waals surface area contributed by atoms with Gasteiger partial charge in [-0.15, -0.1) is 5.10 Å². The molecule has 3 aromatic rings. The van der Waals surface area contributed by atoms with Crippen LogP contribution in [0.1, 0.15) is 12.8 Å². The number of aromatic nitrogens is 4. The van der Waals surface area contributed by atoms with E-state index in [4.69, 9.17) is 14.5 Å². The second-order valence-electron chi connectivity index (χ2n) is 7.56. The third-order valence-corrected chi connectivity index (χ3v) is 5.54. The Labute approximate surface area is 172 Å². The molecule has 4 heterocycles. The molecule has 1 atom stereocenters. The maximum absolute atomic E-state index is 13.2. The molecule has 30 heavy (non-hydrogen) atoms. The van der Waals surface area contributed by atoms with Gasteiger partial charge in [0.25, 0.3) is 0 Å². The highest BCUT2D eigenvalue weighted by Crippen LogP contribution is 2.23. The van der Waals surface area contributed by atoms with Gasteiger partial charge in [-0.05, 0) is 25.0 Å². The van der Waals surface area contributed by atoms with Crippen molar-refractivity contribution in [3.05, 3.63) is 34.7 Å². The van der Waals surface area contributed by atoms with Crippen molar-refractivity contribution in [2.45, 2.75) is 25.5 Å². The predicted octanol–water partition coefficient (Wildman–Crippen LogP) is 0.176. The van der Waals surface area contributed by atoms with Crippen molar-refractivity contribution >= 4 is 28.4 Å². The second-order valence-corrected chi connectivity index (χ2v) is 7.56. The predicted molar refractivity (Wildman–Crippen MR) is 110 cm³/mol. The first-order chi connectivity index (χ1) is 14.7. The average molecular weight is 412 g/mol. The number of amides is 1. The van der Waals surface area contributed by atoms with Gasteiger partial charge in [0, 0.05) is 26.2 Å². The molecule has 0 unspecified atom stereocenters. The quantitative estimate of drug-likeness (QED) is 0.637. The highest BCUT2D eigenvalue weighted by molar-refractivity contribution is 5.83. The molecule has 2 aliphatic heterocycles. The standard InChI is InChI=1S/C20H24N6O4/c27-17(21-12-14-4-3-9-30-14)13-25-20(28)26-16-6-2-1-5-15(16)22-18(19(26)23-25)24-7-10-29-11-8-24/h1-2,5-6,14H,3-4,7-13H2,(H,21,27)/t14-/m0/s1. The topological polar surface area (TPSA) is 103 Å². The summed E-state index contributed by atoms with van der Waals surface area (Å²) >= 11 is 0. The molecular weight excluding hydrogens is 388 g/mol. The smallest absolute Gasteiger partial charge is 0.351 e. The highest BCUT2D eigenvalue weighted by Gasteiger charge is 2.23. The van der Waals surface area contributed by atoms with Gasteiger partial charge in [0.1, 0.15) is 6.54 Å². The van der Waals surface area contributed by atoms with E-state index in [0.29, 0.717) is 55.3 Å². The van der Waals surface area contributed by atoms with Crippen molar-refractivity contribution in [2.75, 3.05) is 44.4 Å². The average Bonchev–Trinajstić information content (AvgIpc) is 3.41. The number of fused-ring (bicyclic) bond motifs is 3. The van der Waals surface area contributed by atoms with Crippen LogP contribution < -0.4 is 15.9 Å². The lowest BCUT2D eigenvalue weighted by Crippen LogP contribution is -2.37. The maximum Gasteiger partial charge on any atom is 0.351 e. The Bertz CT molecular complexity index is 1130. The molecule has 0 bridgehead atoms. The minimum atomic E-state index is -0.356. The lowest BCUT2D eigenvalue weighted by Gasteiger charge is -2.27. The second kappa shape index (κ2) is 8.04. The monoisotopic (exact) mass is 412 g/mol. The summed E-state index contributed by atoms with van der Waals surface area (Å²) in [4.78, 5) is 32.4. The van der Waals surface area contributed by atoms with Crippen LogP contribution in [0.3, 0.4) is 0 Å². The molecule has 2 aliphatic rings. The van der Waals surface area contributed by atoms with Crippen LogP contribution >= 0.6 is 0 Å². The molecule has 5 rings (SSSR count). The molecule has 0 radical (unpaired) electrons. The molecule has 10 heteroatoms. The van der Waals surface area contributed by atoms with Crippen molar-refractivity contribution in [2.24, 2.45) is 0 Å². The van der Waals surface area contributed by atoms with E-state index >= 15 is 0 Å². The number of carbonyl (C=O) groups is 1. The number of ether oxygens (including phenoxy) is 2. The van der Waals surface area contributed by atoms with Crippen LogP contribution in [0.2, 0.25) is 0 Å². The first kappa shape index (κ1) is 19.0. The van der Waals surface area contributed by atoms with E-state index in [0.717, 1.165) is 19.4 Å². The molecule has 1 amide bonds. The fourth-order valence-electron chi connectivity index (χ4n) is 4.00. The van der Waals surface area contributed by atoms with Crippen molar-refractivity contribution in [3.8, 4) is 0 Å². The SMILES string of the molecule is O=C(Cn1nc2c(N3CCOCC3)nc3ccccc3n2c1=O)NC[C@@H]1CCCO1. The van der Waals surface area contributed by atoms with Crippen LogP contribution in [0.15, 0.2) is 29.1 Å². The summed E-state index contributed by atoms with van der Waals surface area (Å²) in [5.41, 5.74) is 1.47. The number of para-hydroxylation sites is 2. The summed E-state index contributed by atoms with van der Waals surface area (Å²) in [5.74, 6) is 0.369. The Morgan fingerprint density at radius 2 is 2.03 bits per heavy atom. The zero-order valence-electron chi connectivity index (χ0n) is 16.6. The summed E-state index contributed by atoms with van der Waals surface area (Å²) in [6.45, 7) is 3.56. The van der Waals surface area contributed by atoms with Crippen LogP contribution in [0.25, 0.3) is 16.7 Å². The number of hydrogen-bond donors (Lipinski definition) is 1. The number of hydrogen-bond acceptors (Lipinski definition) is 7. The zero-order valence-corrected chi connectivity index (χ0v) is 16.6. The van der Waals surface area contributed by atoms with Gasteiger partial charge in [-0.25, -0.2) is 18.9 Å². The van der Waals surface area contributed by atoms with Gasteiger partial charge in [-0.2, -0.15) is 0 Å². The minimum absolute atomic E-state index is 0.0489. The van der Waals surface area contributed by atoms with E-state index in [1.807, 2.05) is 24.3 Å². The number of anilines is 1. The van der Waals surface area contributed by atoms with Crippen LogP contribution in [0, 0.1) is 0 Å². The summed E-state index contributed by atoms with van der Waals surface area (Å²) < 4.78 is 13.7. The van der Waals surface area contributed by atoms with Gasteiger partial charge in [-0.3, -0.25) is 4.79 Å². The molecule has 0 spiro atoms. The molecule has 1 N–H and O–H groups in total. The number of morpholine rings is 1. The number of nitrogens with one attached hydrogen (secondary N) is 1. The lowest BCUT2D eigenvalue weighted by atomic mass is 10.2. The molecule has 2 aromatic heterocycles. The van der Waals surface area contributed by atoms with Crippen molar-refractivity contribution in [1.29, 1.82) is 0 Å². The molecule has 10 nitrogen and oxygen atoms in total. The van der Waals surface area contributed by atoms with E-state index in [1.165, 1.54) is 4.68 Å². The third kappa shape index (κ3) is 3.52. The van der Waals surface area contributed by atoms with Gasteiger partial charge in [-0.1, -0.05) is 12.1 Å². The zero-order chi connectivity index (χ0) is 20.5. The van der Waals surface area contributed by atoms with Gasteiger partial charge in [0.2, 0.25) is 11.6 Å². The summed E-state index contributed by atoms with van der Waals surface area (Å²) in [5, 5.41) is 7.33. The van der Waals surface area contributed by atoms with Crippen molar-refractivity contribution in [3.63, 3.8) is 0 Å². The van der Waals surface area contributed by atoms with Gasteiger partial charge >= 0.3 is 5.69 Å². The molecular formula is C20H24N6O4. The number of carbonyl (C=O) groups excluding carboxylic acids is 1. The van der Waals surface area contributed by atoms with Crippen LogP contribution in [-0.2, 0) is 20.8 Å². The van der Waals surface area contributed by atoms with Gasteiger partial charge in [0.15, 0.2) is 5.82 Å². The van der Waals surface area contributed by atoms with E-state index in [9.17, 15) is 9.59 Å². The van der Waals surface area contributed by atoms with Gasteiger partial charge < -0.3 is 19.7 Å². The number of nitrogens with zero attached hydrogens (tertiary/aromatic N) is 5. The van der Waals surface area contributed by atoms with Crippen LogP contribution in [-0.4, -0.2) is 70.6 Å². The highest BCUT2D eigenvalue weighted by atomic mass is 16.5. The normalized spacial score (nSPS) is 19.6. The Morgan fingerprint density at radius 1 is 1.20 bits per heavy atom. The molecule has 1 aromatic carbocycles. The summed E-state index contributed by atoms with van der Waals surface area (Å²) in [7, 11) is 0. The molecule has 2 fully saturated rings. The Morgan fingerprint density at radius 3 is 2.83 bits per heavy atom. The summed E-state index contributed by atoms with van der Waals surface area (Å²) in [6.07, 6.45) is 2.00. The largest absolute Gasteiger partial charge is 0.378 e. The number of benzene rings is 1. The van der Waals surface area contributed by atoms with E-state index in [1.54, 1.807) is 4.40 Å². The van der Waals surface area contributed by atoms with Crippen LogP contribution in [0.4, 0.5) is 5.82 Å². The molecule has 0 saturated carbocycles. The van der Waals surface area contributed by atoms with E-state index in [-0.39, 0.29) is 24.2 Å². The Balaban J connectivity index is 1.50. The molecule has 0 aliphatic carbocycles.